The number of nitrogens with zero attached hydrogens (tertiary/aromatic N) is 6. The molecule has 0 aromatic carbocycles. The number of piperidine rings is 1. The summed E-state index contributed by atoms with van der Waals surface area (Å²) in [4.78, 5) is 31.4. The van der Waals surface area contributed by atoms with Gasteiger partial charge in [0.05, 0.1) is 6.61 Å². The average Bonchev–Trinajstić information content (AvgIpc) is 3.42. The number of carbonyl (C=O) groups excluding carboxylic acids is 1. The van der Waals surface area contributed by atoms with Crippen LogP contribution in [0.3, 0.4) is 0 Å². The molecule has 37 heavy (non-hydrogen) atoms. The molecule has 1 aliphatic carbocycles. The van der Waals surface area contributed by atoms with Crippen LogP contribution < -0.4 is 15.0 Å². The van der Waals surface area contributed by atoms with Gasteiger partial charge < -0.3 is 19.9 Å². The molecule has 3 aliphatic rings. The van der Waals surface area contributed by atoms with Crippen molar-refractivity contribution in [3.8, 4) is 6.01 Å². The van der Waals surface area contributed by atoms with Crippen LogP contribution in [0, 0.1) is 5.92 Å². The quantitative estimate of drug-likeness (QED) is 0.457. The lowest BCUT2D eigenvalue weighted by atomic mass is 9.92. The lowest BCUT2D eigenvalue weighted by Crippen LogP contribution is -2.41. The number of aromatic amines is 1. The average molecular weight is 505 g/mol. The zero-order valence-electron chi connectivity index (χ0n) is 21.5. The van der Waals surface area contributed by atoms with E-state index < -0.39 is 0 Å². The minimum absolute atomic E-state index is 0.0503. The molecule has 2 N–H and O–H groups in total. The Morgan fingerprint density at radius 1 is 1.16 bits per heavy atom. The van der Waals surface area contributed by atoms with Gasteiger partial charge in [-0.25, -0.2) is 4.98 Å². The van der Waals surface area contributed by atoms with Crippen molar-refractivity contribution in [3.63, 3.8) is 0 Å². The molecule has 1 amide bonds. The van der Waals surface area contributed by atoms with Crippen LogP contribution in [0.25, 0.3) is 11.0 Å². The summed E-state index contributed by atoms with van der Waals surface area (Å²) in [6, 6.07) is 6.21. The maximum Gasteiger partial charge on any atom is 0.319 e. The van der Waals surface area contributed by atoms with Crippen molar-refractivity contribution in [1.29, 1.82) is 0 Å². The highest BCUT2D eigenvalue weighted by Gasteiger charge is 2.27. The van der Waals surface area contributed by atoms with E-state index in [9.17, 15) is 4.79 Å². The van der Waals surface area contributed by atoms with E-state index in [1.54, 1.807) is 6.20 Å². The molecule has 3 aromatic heterocycles. The van der Waals surface area contributed by atoms with Gasteiger partial charge in [-0.2, -0.15) is 15.1 Å². The van der Waals surface area contributed by atoms with Crippen LogP contribution in [0.1, 0.15) is 67.5 Å². The smallest absolute Gasteiger partial charge is 0.319 e. The lowest BCUT2D eigenvalue weighted by Gasteiger charge is -2.32. The van der Waals surface area contributed by atoms with Crippen LogP contribution in [-0.4, -0.2) is 81.3 Å². The fourth-order valence-electron chi connectivity index (χ4n) is 5.51. The van der Waals surface area contributed by atoms with Gasteiger partial charge in [0.2, 0.25) is 0 Å². The van der Waals surface area contributed by atoms with Gasteiger partial charge in [0.25, 0.3) is 5.91 Å². The SMILES string of the molecule is C[C@H](CN1CCCC1)NC(=O)c1cc(N2CCC(c3[nH]nc4ncccc34)CC2)nc(OCC2CC2)n1. The van der Waals surface area contributed by atoms with Crippen molar-refractivity contribution in [1.82, 2.24) is 35.4 Å². The number of ether oxygens (including phenoxy) is 1. The molecule has 1 atom stereocenters. The number of likely N-dealkylation sites (tertiary alicyclic amines) is 1. The summed E-state index contributed by atoms with van der Waals surface area (Å²) in [5.74, 6) is 1.55. The highest BCUT2D eigenvalue weighted by molar-refractivity contribution is 5.93. The van der Waals surface area contributed by atoms with Crippen molar-refractivity contribution in [2.75, 3.05) is 44.2 Å². The third-order valence-corrected chi connectivity index (χ3v) is 7.76. The van der Waals surface area contributed by atoms with Crippen LogP contribution in [0.5, 0.6) is 6.01 Å². The molecule has 10 heteroatoms. The molecule has 3 fully saturated rings. The molecule has 10 nitrogen and oxygen atoms in total. The van der Waals surface area contributed by atoms with E-state index in [0.29, 0.717) is 30.1 Å². The van der Waals surface area contributed by atoms with Gasteiger partial charge in [-0.3, -0.25) is 9.89 Å². The maximum atomic E-state index is 13.2. The predicted octanol–water partition coefficient (Wildman–Crippen LogP) is 3.13. The first-order valence-electron chi connectivity index (χ1n) is 13.7. The molecule has 0 bridgehead atoms. The number of aromatic nitrogens is 5. The molecule has 2 saturated heterocycles. The largest absolute Gasteiger partial charge is 0.463 e. The maximum absolute atomic E-state index is 13.2. The number of hydrogen-bond donors (Lipinski definition) is 2. The van der Waals surface area contributed by atoms with E-state index in [2.05, 4.69) is 48.3 Å². The van der Waals surface area contributed by atoms with E-state index in [1.165, 1.54) is 25.7 Å². The Morgan fingerprint density at radius 2 is 1.97 bits per heavy atom. The number of rotatable bonds is 9. The Hall–Kier alpha value is -3.27. The Balaban J connectivity index is 1.15. The molecule has 3 aromatic rings. The molecule has 5 heterocycles. The van der Waals surface area contributed by atoms with Crippen molar-refractivity contribution >= 4 is 22.8 Å². The molecular weight excluding hydrogens is 468 g/mol. The number of carbonyl (C=O) groups is 1. The van der Waals surface area contributed by atoms with Crippen LogP contribution in [0.4, 0.5) is 5.82 Å². The normalized spacial score (nSPS) is 19.9. The predicted molar refractivity (Wildman–Crippen MR) is 141 cm³/mol. The monoisotopic (exact) mass is 504 g/mol. The fourth-order valence-corrected chi connectivity index (χ4v) is 5.51. The Labute approximate surface area is 217 Å². The van der Waals surface area contributed by atoms with Gasteiger partial charge in [-0.1, -0.05) is 0 Å². The Bertz CT molecular complexity index is 1230. The fraction of sp³-hybridized carbons (Fsp3) is 0.593. The second kappa shape index (κ2) is 10.6. The van der Waals surface area contributed by atoms with Crippen LogP contribution in [0.15, 0.2) is 24.4 Å². The molecule has 2 aliphatic heterocycles. The summed E-state index contributed by atoms with van der Waals surface area (Å²) in [7, 11) is 0. The lowest BCUT2D eigenvalue weighted by molar-refractivity contribution is 0.0925. The van der Waals surface area contributed by atoms with E-state index in [0.717, 1.165) is 68.1 Å². The highest BCUT2D eigenvalue weighted by atomic mass is 16.5. The summed E-state index contributed by atoms with van der Waals surface area (Å²) < 4.78 is 5.94. The van der Waals surface area contributed by atoms with Gasteiger partial charge in [-0.05, 0) is 76.6 Å². The van der Waals surface area contributed by atoms with Gasteiger partial charge in [0.15, 0.2) is 5.65 Å². The van der Waals surface area contributed by atoms with E-state index >= 15 is 0 Å². The number of anilines is 1. The Kier molecular flexibility index (Phi) is 6.91. The summed E-state index contributed by atoms with van der Waals surface area (Å²) in [5, 5.41) is 11.8. The number of nitrogens with one attached hydrogen (secondary N) is 2. The molecule has 1 saturated carbocycles. The van der Waals surface area contributed by atoms with Crippen LogP contribution in [-0.2, 0) is 0 Å². The topological polar surface area (TPSA) is 112 Å². The van der Waals surface area contributed by atoms with Crippen molar-refractivity contribution < 1.29 is 9.53 Å². The minimum atomic E-state index is -0.169. The molecule has 6 rings (SSSR count). The van der Waals surface area contributed by atoms with Crippen LogP contribution >= 0.6 is 0 Å². The first-order valence-corrected chi connectivity index (χ1v) is 13.7. The summed E-state index contributed by atoms with van der Waals surface area (Å²) in [5.41, 5.74) is 2.30. The first-order chi connectivity index (χ1) is 18.1. The Morgan fingerprint density at radius 3 is 2.76 bits per heavy atom. The molecule has 0 unspecified atom stereocenters. The number of amides is 1. The molecule has 0 radical (unpaired) electrons. The highest BCUT2D eigenvalue weighted by Crippen LogP contribution is 2.33. The molecule has 0 spiro atoms. The zero-order valence-corrected chi connectivity index (χ0v) is 21.5. The number of hydrogen-bond acceptors (Lipinski definition) is 8. The second-order valence-electron chi connectivity index (χ2n) is 10.8. The van der Waals surface area contributed by atoms with Gasteiger partial charge in [0.1, 0.15) is 11.5 Å². The molecule has 196 valence electrons. The van der Waals surface area contributed by atoms with E-state index in [1.807, 2.05) is 12.1 Å². The first kappa shape index (κ1) is 24.1. The van der Waals surface area contributed by atoms with Crippen molar-refractivity contribution in [2.45, 2.75) is 57.4 Å². The van der Waals surface area contributed by atoms with E-state index in [-0.39, 0.29) is 11.9 Å². The van der Waals surface area contributed by atoms with Crippen LogP contribution in [0.2, 0.25) is 0 Å². The number of H-pyrrole nitrogens is 1. The standard InChI is InChI=1S/C27H36N8O2/c1-18(16-34-11-2-3-12-34)29-26(36)22-15-23(31-27(30-22)37-17-19-6-7-19)35-13-8-20(9-14-35)24-21-5-4-10-28-25(21)33-32-24/h4-5,10,15,18-20H,2-3,6-9,11-14,16-17H2,1H3,(H,29,36)(H,28,32,33)/t18-/m1/s1. The summed E-state index contributed by atoms with van der Waals surface area (Å²) in [6.45, 7) is 7.41. The zero-order chi connectivity index (χ0) is 25.2. The molecular formula is C27H36N8O2. The number of pyridine rings is 1. The van der Waals surface area contributed by atoms with Gasteiger partial charge in [0, 0.05) is 54.9 Å². The summed E-state index contributed by atoms with van der Waals surface area (Å²) in [6.07, 6.45) is 8.54. The van der Waals surface area contributed by atoms with Crippen molar-refractivity contribution in [2.24, 2.45) is 5.92 Å². The van der Waals surface area contributed by atoms with E-state index in [4.69, 9.17) is 9.72 Å². The minimum Gasteiger partial charge on any atom is -0.463 e. The summed E-state index contributed by atoms with van der Waals surface area (Å²) >= 11 is 0. The second-order valence-corrected chi connectivity index (χ2v) is 10.8. The van der Waals surface area contributed by atoms with Gasteiger partial charge in [-0.15, -0.1) is 0 Å². The third-order valence-electron chi connectivity index (χ3n) is 7.76. The van der Waals surface area contributed by atoms with Gasteiger partial charge >= 0.3 is 6.01 Å². The number of fused-ring (bicyclic) bond motifs is 1. The van der Waals surface area contributed by atoms with Crippen molar-refractivity contribution in [3.05, 3.63) is 35.8 Å². The third kappa shape index (κ3) is 5.69.